The molecule has 2 rings (SSSR count). The van der Waals surface area contributed by atoms with E-state index in [0.29, 0.717) is 11.5 Å². The highest BCUT2D eigenvalue weighted by atomic mass is 16.3. The fourth-order valence-corrected chi connectivity index (χ4v) is 1.34. The van der Waals surface area contributed by atoms with Gasteiger partial charge in [0.25, 0.3) is 11.5 Å². The van der Waals surface area contributed by atoms with Gasteiger partial charge >= 0.3 is 0 Å². The molecule has 0 bridgehead atoms. The van der Waals surface area contributed by atoms with E-state index >= 15 is 0 Å². The largest absolute Gasteiger partial charge is 0.494 e. The molecular weight excluding hydrogens is 236 g/mol. The zero-order valence-electron chi connectivity index (χ0n) is 9.18. The number of anilines is 2. The van der Waals surface area contributed by atoms with Gasteiger partial charge in [0.05, 0.1) is 17.4 Å². The SMILES string of the molecule is Nc1ccc(NC(=O)c2cc(O)[nH]c(=O)c2)cn1. The Kier molecular flexibility index (Phi) is 2.96. The molecule has 92 valence electrons. The lowest BCUT2D eigenvalue weighted by Crippen LogP contribution is -2.16. The van der Waals surface area contributed by atoms with Crippen LogP contribution in [0.4, 0.5) is 11.5 Å². The molecule has 0 saturated heterocycles. The fraction of sp³-hybridized carbons (Fsp3) is 0. The van der Waals surface area contributed by atoms with Crippen LogP contribution in [0.5, 0.6) is 5.88 Å². The number of hydrogen-bond donors (Lipinski definition) is 4. The topological polar surface area (TPSA) is 121 Å². The molecule has 0 aromatic carbocycles. The number of nitrogens with zero attached hydrogens (tertiary/aromatic N) is 1. The molecule has 0 spiro atoms. The van der Waals surface area contributed by atoms with Crippen LogP contribution in [0.1, 0.15) is 10.4 Å². The van der Waals surface area contributed by atoms with Crippen LogP contribution in [0, 0.1) is 0 Å². The van der Waals surface area contributed by atoms with Crippen LogP contribution in [0.3, 0.4) is 0 Å². The van der Waals surface area contributed by atoms with Crippen molar-refractivity contribution in [2.24, 2.45) is 0 Å². The number of carbonyl (C=O) groups excluding carboxylic acids is 1. The number of amides is 1. The molecule has 0 saturated carbocycles. The van der Waals surface area contributed by atoms with Crippen LogP contribution in [-0.2, 0) is 0 Å². The van der Waals surface area contributed by atoms with Crippen molar-refractivity contribution in [3.63, 3.8) is 0 Å². The van der Waals surface area contributed by atoms with E-state index in [0.717, 1.165) is 12.1 Å². The van der Waals surface area contributed by atoms with Crippen molar-refractivity contribution < 1.29 is 9.90 Å². The van der Waals surface area contributed by atoms with Gasteiger partial charge in [0, 0.05) is 12.1 Å². The minimum absolute atomic E-state index is 0.0491. The lowest BCUT2D eigenvalue weighted by Gasteiger charge is -2.04. The van der Waals surface area contributed by atoms with Crippen molar-refractivity contribution in [3.8, 4) is 5.88 Å². The highest BCUT2D eigenvalue weighted by molar-refractivity contribution is 6.04. The summed E-state index contributed by atoms with van der Waals surface area (Å²) in [6, 6.07) is 5.35. The molecule has 2 heterocycles. The summed E-state index contributed by atoms with van der Waals surface area (Å²) in [5, 5.41) is 11.7. The van der Waals surface area contributed by atoms with E-state index in [-0.39, 0.29) is 11.4 Å². The van der Waals surface area contributed by atoms with Crippen molar-refractivity contribution in [2.75, 3.05) is 11.1 Å². The number of pyridine rings is 2. The van der Waals surface area contributed by atoms with E-state index in [4.69, 9.17) is 5.73 Å². The van der Waals surface area contributed by atoms with E-state index in [1.54, 1.807) is 6.07 Å². The summed E-state index contributed by atoms with van der Waals surface area (Å²) in [5.74, 6) is -0.562. The van der Waals surface area contributed by atoms with Crippen molar-refractivity contribution >= 4 is 17.4 Å². The van der Waals surface area contributed by atoms with Gasteiger partial charge in [-0.05, 0) is 12.1 Å². The van der Waals surface area contributed by atoms with Gasteiger partial charge in [-0.15, -0.1) is 0 Å². The van der Waals surface area contributed by atoms with Crippen LogP contribution in [-0.4, -0.2) is 21.0 Å². The van der Waals surface area contributed by atoms with Gasteiger partial charge in [-0.3, -0.25) is 14.6 Å². The molecule has 2 aromatic heterocycles. The number of rotatable bonds is 2. The summed E-state index contributed by atoms with van der Waals surface area (Å²) in [7, 11) is 0. The number of aromatic hydroxyl groups is 1. The van der Waals surface area contributed by atoms with Gasteiger partial charge in [-0.2, -0.15) is 0 Å². The van der Waals surface area contributed by atoms with Gasteiger partial charge in [0.15, 0.2) is 5.88 Å². The number of nitrogens with one attached hydrogen (secondary N) is 2. The van der Waals surface area contributed by atoms with Gasteiger partial charge in [-0.1, -0.05) is 0 Å². The Hall–Kier alpha value is -2.83. The Balaban J connectivity index is 2.21. The van der Waals surface area contributed by atoms with Crippen LogP contribution in [0.2, 0.25) is 0 Å². The lowest BCUT2D eigenvalue weighted by molar-refractivity contribution is 0.102. The number of hydrogen-bond acceptors (Lipinski definition) is 5. The Morgan fingerprint density at radius 3 is 2.78 bits per heavy atom. The molecule has 0 unspecified atom stereocenters. The number of nitrogens with two attached hydrogens (primary N) is 1. The maximum Gasteiger partial charge on any atom is 0.256 e. The molecule has 0 fully saturated rings. The molecule has 7 nitrogen and oxygen atoms in total. The molecule has 0 aliphatic carbocycles. The molecule has 0 radical (unpaired) electrons. The Bertz CT molecular complexity index is 633. The zero-order chi connectivity index (χ0) is 13.1. The second kappa shape index (κ2) is 4.58. The summed E-state index contributed by atoms with van der Waals surface area (Å²) in [5.41, 5.74) is 5.33. The molecule has 0 aliphatic rings. The third-order valence-electron chi connectivity index (χ3n) is 2.14. The summed E-state index contributed by atoms with van der Waals surface area (Å²) in [6.45, 7) is 0. The normalized spacial score (nSPS) is 10.0. The summed E-state index contributed by atoms with van der Waals surface area (Å²) >= 11 is 0. The number of nitrogen functional groups attached to an aromatic ring is 1. The van der Waals surface area contributed by atoms with Gasteiger partial charge in [0.2, 0.25) is 0 Å². The van der Waals surface area contributed by atoms with Crippen LogP contribution >= 0.6 is 0 Å². The standard InChI is InChI=1S/C11H10N4O3/c12-8-2-1-7(5-13-8)14-11(18)6-3-9(16)15-10(17)4-6/h1-5H,(H2,12,13)(H,14,18)(H2,15,16,17). The molecule has 7 heteroatoms. The fourth-order valence-electron chi connectivity index (χ4n) is 1.34. The summed E-state index contributed by atoms with van der Waals surface area (Å²) in [4.78, 5) is 28.8. The number of H-pyrrole nitrogens is 1. The third kappa shape index (κ3) is 2.64. The Morgan fingerprint density at radius 2 is 2.17 bits per heavy atom. The summed E-state index contributed by atoms with van der Waals surface area (Å²) in [6.07, 6.45) is 1.39. The first-order valence-electron chi connectivity index (χ1n) is 5.01. The van der Waals surface area contributed by atoms with Crippen molar-refractivity contribution in [1.29, 1.82) is 0 Å². The smallest absolute Gasteiger partial charge is 0.256 e. The third-order valence-corrected chi connectivity index (χ3v) is 2.14. The molecule has 5 N–H and O–H groups in total. The number of aromatic amines is 1. The molecule has 18 heavy (non-hydrogen) atoms. The van der Waals surface area contributed by atoms with Crippen LogP contribution in [0.15, 0.2) is 35.3 Å². The van der Waals surface area contributed by atoms with Gasteiger partial charge < -0.3 is 16.2 Å². The highest BCUT2D eigenvalue weighted by Gasteiger charge is 2.08. The maximum atomic E-state index is 11.8. The maximum absolute atomic E-state index is 11.8. The highest BCUT2D eigenvalue weighted by Crippen LogP contribution is 2.10. The van der Waals surface area contributed by atoms with Crippen LogP contribution < -0.4 is 16.6 Å². The first kappa shape index (κ1) is 11.6. The second-order valence-electron chi connectivity index (χ2n) is 3.54. The van der Waals surface area contributed by atoms with E-state index in [9.17, 15) is 14.7 Å². The Morgan fingerprint density at radius 1 is 1.39 bits per heavy atom. The minimum atomic E-state index is -0.560. The zero-order valence-corrected chi connectivity index (χ0v) is 9.18. The van der Waals surface area contributed by atoms with E-state index in [1.807, 2.05) is 0 Å². The van der Waals surface area contributed by atoms with E-state index < -0.39 is 11.5 Å². The van der Waals surface area contributed by atoms with E-state index in [2.05, 4.69) is 15.3 Å². The lowest BCUT2D eigenvalue weighted by atomic mass is 10.2. The second-order valence-corrected chi connectivity index (χ2v) is 3.54. The average molecular weight is 246 g/mol. The number of carbonyl (C=O) groups is 1. The van der Waals surface area contributed by atoms with Crippen molar-refractivity contribution in [3.05, 3.63) is 46.4 Å². The first-order chi connectivity index (χ1) is 8.54. The predicted octanol–water partition coefficient (Wildman–Crippen LogP) is 0.310. The average Bonchev–Trinajstić information content (AvgIpc) is 2.31. The van der Waals surface area contributed by atoms with Crippen molar-refractivity contribution in [1.82, 2.24) is 9.97 Å². The van der Waals surface area contributed by atoms with Gasteiger partial charge in [-0.25, -0.2) is 4.98 Å². The molecule has 2 aromatic rings. The quantitative estimate of drug-likeness (QED) is 0.607. The minimum Gasteiger partial charge on any atom is -0.494 e. The van der Waals surface area contributed by atoms with E-state index in [1.165, 1.54) is 12.3 Å². The number of aromatic nitrogens is 2. The monoisotopic (exact) mass is 246 g/mol. The molecular formula is C11H10N4O3. The molecule has 0 atom stereocenters. The first-order valence-corrected chi connectivity index (χ1v) is 5.01. The Labute approximate surface area is 101 Å². The van der Waals surface area contributed by atoms with Crippen molar-refractivity contribution in [2.45, 2.75) is 0 Å². The van der Waals surface area contributed by atoms with Crippen LogP contribution in [0.25, 0.3) is 0 Å². The molecule has 0 aliphatic heterocycles. The van der Waals surface area contributed by atoms with Gasteiger partial charge in [0.1, 0.15) is 5.82 Å². The molecule has 1 amide bonds. The predicted molar refractivity (Wildman–Crippen MR) is 65.3 cm³/mol. The summed E-state index contributed by atoms with van der Waals surface area (Å²) < 4.78 is 0.